The summed E-state index contributed by atoms with van der Waals surface area (Å²) in [5, 5.41) is 14.3. The summed E-state index contributed by atoms with van der Waals surface area (Å²) in [5.74, 6) is 1.08. The average molecular weight is 356 g/mol. The number of halogens is 1. The van der Waals surface area contributed by atoms with Crippen molar-refractivity contribution in [2.45, 2.75) is 6.92 Å². The SMILES string of the molecule is Cc1cc(Nc2cnnc(Nc3ccccc3)n2)ccc1Br. The standard InChI is InChI=1S/C16H14BrN5/c1-11-9-13(7-8-14(11)17)19-15-10-18-22-16(21-15)20-12-5-3-2-4-6-12/h2-10H,1H3,(H2,19,20,21,22). The molecule has 0 aliphatic heterocycles. The Morgan fingerprint density at radius 2 is 1.77 bits per heavy atom. The van der Waals surface area contributed by atoms with Crippen LogP contribution in [0.25, 0.3) is 0 Å². The van der Waals surface area contributed by atoms with E-state index in [-0.39, 0.29) is 0 Å². The molecule has 0 radical (unpaired) electrons. The van der Waals surface area contributed by atoms with Crippen molar-refractivity contribution < 1.29 is 0 Å². The van der Waals surface area contributed by atoms with Crippen LogP contribution in [0.1, 0.15) is 5.56 Å². The minimum atomic E-state index is 0.449. The topological polar surface area (TPSA) is 62.7 Å². The fourth-order valence-corrected chi connectivity index (χ4v) is 2.18. The molecule has 2 aromatic carbocycles. The smallest absolute Gasteiger partial charge is 0.249 e. The number of rotatable bonds is 4. The van der Waals surface area contributed by atoms with Gasteiger partial charge in [-0.2, -0.15) is 10.1 Å². The molecule has 0 spiro atoms. The number of para-hydroxylation sites is 1. The Bertz CT molecular complexity index is 776. The fourth-order valence-electron chi connectivity index (χ4n) is 1.94. The van der Waals surface area contributed by atoms with Gasteiger partial charge in [0.15, 0.2) is 5.82 Å². The normalized spacial score (nSPS) is 10.3. The summed E-state index contributed by atoms with van der Waals surface area (Å²) < 4.78 is 1.07. The third-order valence-corrected chi connectivity index (χ3v) is 3.91. The molecule has 3 rings (SSSR count). The van der Waals surface area contributed by atoms with E-state index in [1.165, 1.54) is 0 Å². The number of hydrogen-bond donors (Lipinski definition) is 2. The Hall–Kier alpha value is -2.47. The van der Waals surface area contributed by atoms with Gasteiger partial charge in [-0.05, 0) is 42.8 Å². The third-order valence-electron chi connectivity index (χ3n) is 3.02. The van der Waals surface area contributed by atoms with Crippen LogP contribution in [0.5, 0.6) is 0 Å². The van der Waals surface area contributed by atoms with Crippen LogP contribution in [0.15, 0.2) is 59.2 Å². The number of benzene rings is 2. The summed E-state index contributed by atoms with van der Waals surface area (Å²) in [5.41, 5.74) is 3.02. The molecule has 110 valence electrons. The molecule has 0 unspecified atom stereocenters. The maximum atomic E-state index is 4.41. The number of hydrogen-bond acceptors (Lipinski definition) is 5. The summed E-state index contributed by atoms with van der Waals surface area (Å²) in [4.78, 5) is 4.41. The van der Waals surface area contributed by atoms with Crippen molar-refractivity contribution in [3.05, 3.63) is 64.8 Å². The number of anilines is 4. The highest BCUT2D eigenvalue weighted by Crippen LogP contribution is 2.22. The van der Waals surface area contributed by atoms with E-state index in [1.54, 1.807) is 6.20 Å². The molecule has 6 heteroatoms. The van der Waals surface area contributed by atoms with Crippen LogP contribution in [-0.2, 0) is 0 Å². The van der Waals surface area contributed by atoms with Crippen molar-refractivity contribution >= 4 is 39.1 Å². The highest BCUT2D eigenvalue weighted by molar-refractivity contribution is 9.10. The summed E-state index contributed by atoms with van der Waals surface area (Å²) >= 11 is 3.49. The summed E-state index contributed by atoms with van der Waals surface area (Å²) in [6.45, 7) is 2.04. The van der Waals surface area contributed by atoms with Crippen LogP contribution in [0.4, 0.5) is 23.1 Å². The quantitative estimate of drug-likeness (QED) is 0.724. The lowest BCUT2D eigenvalue weighted by Gasteiger charge is -2.08. The second kappa shape index (κ2) is 6.53. The van der Waals surface area contributed by atoms with Crippen molar-refractivity contribution in [1.29, 1.82) is 0 Å². The summed E-state index contributed by atoms with van der Waals surface area (Å²) in [6, 6.07) is 15.8. The molecule has 0 saturated heterocycles. The Morgan fingerprint density at radius 3 is 2.55 bits per heavy atom. The van der Waals surface area contributed by atoms with Gasteiger partial charge < -0.3 is 10.6 Å². The molecule has 0 saturated carbocycles. The number of aryl methyl sites for hydroxylation is 1. The molecule has 0 aliphatic rings. The highest BCUT2D eigenvalue weighted by Gasteiger charge is 2.03. The first kappa shape index (κ1) is 14.5. The van der Waals surface area contributed by atoms with Crippen LogP contribution >= 0.6 is 15.9 Å². The number of nitrogens with one attached hydrogen (secondary N) is 2. The maximum Gasteiger partial charge on any atom is 0.249 e. The van der Waals surface area contributed by atoms with Crippen LogP contribution in [0.2, 0.25) is 0 Å². The first-order valence-corrected chi connectivity index (χ1v) is 7.55. The van der Waals surface area contributed by atoms with E-state index >= 15 is 0 Å². The van der Waals surface area contributed by atoms with Crippen molar-refractivity contribution in [1.82, 2.24) is 15.2 Å². The lowest BCUT2D eigenvalue weighted by Crippen LogP contribution is -2.02. The molecule has 5 nitrogen and oxygen atoms in total. The largest absolute Gasteiger partial charge is 0.339 e. The van der Waals surface area contributed by atoms with E-state index < -0.39 is 0 Å². The van der Waals surface area contributed by atoms with Gasteiger partial charge in [-0.3, -0.25) is 0 Å². The minimum Gasteiger partial charge on any atom is -0.339 e. The summed E-state index contributed by atoms with van der Waals surface area (Å²) in [6.07, 6.45) is 1.59. The molecule has 1 aromatic heterocycles. The van der Waals surface area contributed by atoms with Gasteiger partial charge in [-0.1, -0.05) is 34.1 Å². The lowest BCUT2D eigenvalue weighted by molar-refractivity contribution is 0.982. The minimum absolute atomic E-state index is 0.449. The molecule has 22 heavy (non-hydrogen) atoms. The van der Waals surface area contributed by atoms with E-state index in [1.807, 2.05) is 55.5 Å². The first-order chi connectivity index (χ1) is 10.7. The molecule has 2 N–H and O–H groups in total. The van der Waals surface area contributed by atoms with E-state index in [0.29, 0.717) is 11.8 Å². The van der Waals surface area contributed by atoms with E-state index in [4.69, 9.17) is 0 Å². The van der Waals surface area contributed by atoms with Gasteiger partial charge in [0.2, 0.25) is 5.95 Å². The van der Waals surface area contributed by atoms with Gasteiger partial charge in [-0.25, -0.2) is 0 Å². The van der Waals surface area contributed by atoms with Crippen LogP contribution in [0.3, 0.4) is 0 Å². The highest BCUT2D eigenvalue weighted by atomic mass is 79.9. The van der Waals surface area contributed by atoms with Gasteiger partial charge in [0.1, 0.15) is 0 Å². The van der Waals surface area contributed by atoms with Gasteiger partial charge in [0, 0.05) is 15.8 Å². The second-order valence-electron chi connectivity index (χ2n) is 4.75. The Kier molecular flexibility index (Phi) is 4.29. The maximum absolute atomic E-state index is 4.41. The average Bonchev–Trinajstić information content (AvgIpc) is 2.52. The molecule has 1 heterocycles. The van der Waals surface area contributed by atoms with Crippen molar-refractivity contribution in [3.63, 3.8) is 0 Å². The molecule has 0 amide bonds. The molecular formula is C16H14BrN5. The zero-order chi connectivity index (χ0) is 15.4. The molecule has 0 fully saturated rings. The predicted octanol–water partition coefficient (Wildman–Crippen LogP) is 4.43. The van der Waals surface area contributed by atoms with Crippen LogP contribution in [-0.4, -0.2) is 15.2 Å². The van der Waals surface area contributed by atoms with Gasteiger partial charge >= 0.3 is 0 Å². The van der Waals surface area contributed by atoms with Crippen molar-refractivity contribution in [2.24, 2.45) is 0 Å². The van der Waals surface area contributed by atoms with Crippen LogP contribution in [0, 0.1) is 6.92 Å². The molecule has 0 aliphatic carbocycles. The third kappa shape index (κ3) is 3.59. The molecule has 0 atom stereocenters. The van der Waals surface area contributed by atoms with Crippen molar-refractivity contribution in [3.8, 4) is 0 Å². The van der Waals surface area contributed by atoms with Gasteiger partial charge in [0.25, 0.3) is 0 Å². The molecular weight excluding hydrogens is 342 g/mol. The Morgan fingerprint density at radius 1 is 0.955 bits per heavy atom. The number of nitrogens with zero attached hydrogens (tertiary/aromatic N) is 3. The lowest BCUT2D eigenvalue weighted by atomic mass is 10.2. The monoisotopic (exact) mass is 355 g/mol. The fraction of sp³-hybridized carbons (Fsp3) is 0.0625. The molecule has 0 bridgehead atoms. The first-order valence-electron chi connectivity index (χ1n) is 6.76. The molecule has 3 aromatic rings. The summed E-state index contributed by atoms with van der Waals surface area (Å²) in [7, 11) is 0. The Balaban J connectivity index is 1.77. The predicted molar refractivity (Wildman–Crippen MR) is 91.7 cm³/mol. The van der Waals surface area contributed by atoms with Crippen molar-refractivity contribution in [2.75, 3.05) is 10.6 Å². The van der Waals surface area contributed by atoms with Gasteiger partial charge in [0.05, 0.1) is 6.20 Å². The van der Waals surface area contributed by atoms with Gasteiger partial charge in [-0.15, -0.1) is 5.10 Å². The zero-order valence-electron chi connectivity index (χ0n) is 11.9. The van der Waals surface area contributed by atoms with E-state index in [2.05, 4.69) is 41.7 Å². The van der Waals surface area contributed by atoms with Crippen LogP contribution < -0.4 is 10.6 Å². The Labute approximate surface area is 137 Å². The second-order valence-corrected chi connectivity index (χ2v) is 5.60. The van der Waals surface area contributed by atoms with E-state index in [0.717, 1.165) is 21.4 Å². The number of aromatic nitrogens is 3. The zero-order valence-corrected chi connectivity index (χ0v) is 13.5. The van der Waals surface area contributed by atoms with E-state index in [9.17, 15) is 0 Å².